The first-order valence-electron chi connectivity index (χ1n) is 7.91. The first-order chi connectivity index (χ1) is 11.0. The van der Waals surface area contributed by atoms with Crippen LogP contribution in [0.4, 0.5) is 0 Å². The number of aromatic nitrogens is 2. The summed E-state index contributed by atoms with van der Waals surface area (Å²) in [5.41, 5.74) is 4.01. The normalized spacial score (nSPS) is 11.7. The zero-order valence-electron chi connectivity index (χ0n) is 14.1. The summed E-state index contributed by atoms with van der Waals surface area (Å²) in [6, 6.07) is 10.3. The number of carbonyl (C=O) groups excluding carboxylic acids is 1. The Hall–Kier alpha value is -2.27. The van der Waals surface area contributed by atoms with Crippen molar-refractivity contribution in [3.8, 4) is 0 Å². The van der Waals surface area contributed by atoms with Crippen LogP contribution >= 0.6 is 0 Å². The molecule has 3 rings (SSSR count). The highest BCUT2D eigenvalue weighted by Gasteiger charge is 2.20. The molecule has 5 heteroatoms. The predicted octanol–water partition coefficient (Wildman–Crippen LogP) is 2.92. The zero-order chi connectivity index (χ0) is 16.6. The summed E-state index contributed by atoms with van der Waals surface area (Å²) in [5.74, 6) is -0.0450. The Kier molecular flexibility index (Phi) is 4.13. The molecule has 0 saturated heterocycles. The van der Waals surface area contributed by atoms with Crippen LogP contribution in [0.5, 0.6) is 0 Å². The third kappa shape index (κ3) is 2.61. The van der Waals surface area contributed by atoms with Crippen molar-refractivity contribution >= 4 is 27.8 Å². The van der Waals surface area contributed by atoms with Gasteiger partial charge in [0, 0.05) is 32.1 Å². The molecule has 122 valence electrons. The summed E-state index contributed by atoms with van der Waals surface area (Å²) in [6.45, 7) is 5.15. The van der Waals surface area contributed by atoms with Crippen molar-refractivity contribution in [1.29, 1.82) is 0 Å². The summed E-state index contributed by atoms with van der Waals surface area (Å²) in [4.78, 5) is 12.6. The molecule has 0 bridgehead atoms. The van der Waals surface area contributed by atoms with Crippen molar-refractivity contribution in [2.75, 3.05) is 13.7 Å². The van der Waals surface area contributed by atoms with Crippen molar-refractivity contribution in [2.45, 2.75) is 26.4 Å². The van der Waals surface area contributed by atoms with E-state index in [4.69, 9.17) is 4.74 Å². The third-order valence-corrected chi connectivity index (χ3v) is 4.13. The van der Waals surface area contributed by atoms with Gasteiger partial charge in [-0.25, -0.2) is 0 Å². The topological polar surface area (TPSA) is 48.2 Å². The fraction of sp³-hybridized carbons (Fsp3) is 0.389. The van der Waals surface area contributed by atoms with Crippen LogP contribution in [0, 0.1) is 0 Å². The Morgan fingerprint density at radius 1 is 1.26 bits per heavy atom. The molecule has 5 nitrogen and oxygen atoms in total. The quantitative estimate of drug-likeness (QED) is 0.787. The summed E-state index contributed by atoms with van der Waals surface area (Å²) in [7, 11) is 3.72. The lowest BCUT2D eigenvalue weighted by Gasteiger charge is -2.12. The van der Waals surface area contributed by atoms with Gasteiger partial charge in [0.2, 0.25) is 0 Å². The average Bonchev–Trinajstić information content (AvgIpc) is 3.02. The molecule has 0 atom stereocenters. The van der Waals surface area contributed by atoms with Gasteiger partial charge in [-0.1, -0.05) is 18.2 Å². The average molecular weight is 313 g/mol. The van der Waals surface area contributed by atoms with Crippen LogP contribution < -0.4 is 5.32 Å². The van der Waals surface area contributed by atoms with Gasteiger partial charge >= 0.3 is 0 Å². The second-order valence-electron chi connectivity index (χ2n) is 6.11. The number of aryl methyl sites for hydroxylation is 1. The van der Waals surface area contributed by atoms with Crippen molar-refractivity contribution in [2.24, 2.45) is 7.05 Å². The summed E-state index contributed by atoms with van der Waals surface area (Å²) < 4.78 is 9.45. The maximum Gasteiger partial charge on any atom is 0.268 e. The SMILES string of the molecule is COCCn1c(C(=O)NC(C)C)cc2c1c1ccccc1n2C. The van der Waals surface area contributed by atoms with Gasteiger partial charge in [-0.15, -0.1) is 0 Å². The van der Waals surface area contributed by atoms with Gasteiger partial charge in [0.05, 0.1) is 23.2 Å². The lowest BCUT2D eigenvalue weighted by molar-refractivity contribution is 0.0931. The lowest BCUT2D eigenvalue weighted by Crippen LogP contribution is -2.32. The molecule has 0 aliphatic rings. The molecule has 23 heavy (non-hydrogen) atoms. The zero-order valence-corrected chi connectivity index (χ0v) is 14.1. The van der Waals surface area contributed by atoms with Gasteiger partial charge in [-0.2, -0.15) is 0 Å². The fourth-order valence-corrected chi connectivity index (χ4v) is 3.11. The van der Waals surface area contributed by atoms with Crippen molar-refractivity contribution in [1.82, 2.24) is 14.5 Å². The van der Waals surface area contributed by atoms with E-state index in [-0.39, 0.29) is 11.9 Å². The van der Waals surface area contributed by atoms with Crippen LogP contribution in [-0.4, -0.2) is 34.8 Å². The van der Waals surface area contributed by atoms with Crippen LogP contribution in [0.3, 0.4) is 0 Å². The number of benzene rings is 1. The van der Waals surface area contributed by atoms with Crippen LogP contribution in [0.1, 0.15) is 24.3 Å². The number of hydrogen-bond donors (Lipinski definition) is 1. The van der Waals surface area contributed by atoms with E-state index < -0.39 is 0 Å². The highest BCUT2D eigenvalue weighted by atomic mass is 16.5. The maximum atomic E-state index is 12.6. The van der Waals surface area contributed by atoms with Crippen LogP contribution in [0.15, 0.2) is 30.3 Å². The van der Waals surface area contributed by atoms with E-state index in [1.165, 1.54) is 5.52 Å². The van der Waals surface area contributed by atoms with E-state index in [0.717, 1.165) is 16.4 Å². The Morgan fingerprint density at radius 2 is 2.00 bits per heavy atom. The molecule has 0 aliphatic heterocycles. The molecule has 3 aromatic rings. The standard InChI is InChI=1S/C18H23N3O2/c1-12(2)19-18(22)16-11-15-17(21(16)9-10-23-4)13-7-5-6-8-14(13)20(15)3/h5-8,11-12H,9-10H2,1-4H3,(H,19,22). The first-order valence-corrected chi connectivity index (χ1v) is 7.91. The van der Waals surface area contributed by atoms with Crippen molar-refractivity contribution in [3.63, 3.8) is 0 Å². The van der Waals surface area contributed by atoms with Gasteiger partial charge in [-0.05, 0) is 26.0 Å². The molecule has 0 fully saturated rings. The predicted molar refractivity (Wildman–Crippen MR) is 92.9 cm³/mol. The second-order valence-corrected chi connectivity index (χ2v) is 6.11. The minimum atomic E-state index is -0.0450. The van der Waals surface area contributed by atoms with E-state index in [0.29, 0.717) is 18.8 Å². The van der Waals surface area contributed by atoms with E-state index in [1.807, 2.05) is 39.1 Å². The Labute approximate surface area is 135 Å². The van der Waals surface area contributed by atoms with Crippen LogP contribution in [0.25, 0.3) is 21.9 Å². The van der Waals surface area contributed by atoms with E-state index in [9.17, 15) is 4.79 Å². The molecule has 2 aromatic heterocycles. The molecular weight excluding hydrogens is 290 g/mol. The molecule has 2 heterocycles. The number of ether oxygens (including phenoxy) is 1. The first kappa shape index (κ1) is 15.6. The molecule has 1 aromatic carbocycles. The fourth-order valence-electron chi connectivity index (χ4n) is 3.11. The molecular formula is C18H23N3O2. The summed E-state index contributed by atoms with van der Waals surface area (Å²) >= 11 is 0. The molecule has 1 amide bonds. The number of nitrogens with one attached hydrogen (secondary N) is 1. The number of carbonyl (C=O) groups is 1. The molecule has 0 aliphatic carbocycles. The van der Waals surface area contributed by atoms with E-state index in [2.05, 4.69) is 26.6 Å². The van der Waals surface area contributed by atoms with Gasteiger partial charge in [-0.3, -0.25) is 4.79 Å². The lowest BCUT2D eigenvalue weighted by atomic mass is 10.2. The summed E-state index contributed by atoms with van der Waals surface area (Å²) in [6.07, 6.45) is 0. The van der Waals surface area contributed by atoms with Gasteiger partial charge in [0.25, 0.3) is 5.91 Å². The Bertz CT molecular complexity index is 858. The number of amides is 1. The third-order valence-electron chi connectivity index (χ3n) is 4.13. The van der Waals surface area contributed by atoms with Crippen LogP contribution in [-0.2, 0) is 18.3 Å². The van der Waals surface area contributed by atoms with Crippen LogP contribution in [0.2, 0.25) is 0 Å². The largest absolute Gasteiger partial charge is 0.383 e. The van der Waals surface area contributed by atoms with Gasteiger partial charge in [0.15, 0.2) is 0 Å². The van der Waals surface area contributed by atoms with Crippen molar-refractivity contribution in [3.05, 3.63) is 36.0 Å². The van der Waals surface area contributed by atoms with Gasteiger partial charge in [0.1, 0.15) is 5.69 Å². The highest BCUT2D eigenvalue weighted by Crippen LogP contribution is 2.31. The smallest absolute Gasteiger partial charge is 0.268 e. The Morgan fingerprint density at radius 3 is 2.70 bits per heavy atom. The monoisotopic (exact) mass is 313 g/mol. The number of hydrogen-bond acceptors (Lipinski definition) is 2. The number of rotatable bonds is 5. The maximum absolute atomic E-state index is 12.6. The summed E-state index contributed by atoms with van der Waals surface area (Å²) in [5, 5.41) is 4.14. The number of nitrogens with zero attached hydrogens (tertiary/aromatic N) is 2. The van der Waals surface area contributed by atoms with Crippen molar-refractivity contribution < 1.29 is 9.53 Å². The van der Waals surface area contributed by atoms with E-state index >= 15 is 0 Å². The molecule has 0 saturated carbocycles. The number of para-hydroxylation sites is 1. The van der Waals surface area contributed by atoms with Gasteiger partial charge < -0.3 is 19.2 Å². The highest BCUT2D eigenvalue weighted by molar-refractivity contribution is 6.10. The molecule has 0 spiro atoms. The number of fused-ring (bicyclic) bond motifs is 3. The second kappa shape index (κ2) is 6.08. The molecule has 0 unspecified atom stereocenters. The minimum Gasteiger partial charge on any atom is -0.383 e. The van der Waals surface area contributed by atoms with E-state index in [1.54, 1.807) is 7.11 Å². The Balaban J connectivity index is 2.24. The number of methoxy groups -OCH3 is 1. The molecule has 0 radical (unpaired) electrons. The molecule has 1 N–H and O–H groups in total. The minimum absolute atomic E-state index is 0.0450.